The van der Waals surface area contributed by atoms with Crippen molar-refractivity contribution >= 4 is 45.7 Å². The number of hydrogen-bond acceptors (Lipinski definition) is 9. The second-order valence-corrected chi connectivity index (χ2v) is 13.5. The van der Waals surface area contributed by atoms with Crippen molar-refractivity contribution in [3.63, 3.8) is 0 Å². The van der Waals surface area contributed by atoms with Gasteiger partial charge in [-0.3, -0.25) is 9.59 Å². The number of ether oxygens (including phenoxy) is 2. The molecular weight excluding hydrogens is 604 g/mol. The monoisotopic (exact) mass is 644 g/mol. The molecule has 0 spiro atoms. The quantitative estimate of drug-likeness (QED) is 0.279. The average Bonchev–Trinajstić information content (AvgIpc) is 3.56. The summed E-state index contributed by atoms with van der Waals surface area (Å²) in [6, 6.07) is 5.54. The summed E-state index contributed by atoms with van der Waals surface area (Å²) < 4.78 is 11.9. The van der Waals surface area contributed by atoms with E-state index in [1.807, 2.05) is 36.4 Å². The fraction of sp³-hybridized carbons (Fsp3) is 0.500. The van der Waals surface area contributed by atoms with Gasteiger partial charge in [-0.25, -0.2) is 19.6 Å². The fourth-order valence-corrected chi connectivity index (χ4v) is 6.51. The number of aliphatic carboxylic acids is 1. The Hall–Kier alpha value is -4.81. The van der Waals surface area contributed by atoms with Gasteiger partial charge in [-0.05, 0) is 57.9 Å². The number of nitrogens with one attached hydrogen (secondary N) is 2. The molecule has 3 aliphatic rings. The Bertz CT molecular complexity index is 1740. The summed E-state index contributed by atoms with van der Waals surface area (Å²) in [5.41, 5.74) is -1.78. The Morgan fingerprint density at radius 1 is 1.11 bits per heavy atom. The minimum atomic E-state index is -1.44. The molecule has 2 aliphatic heterocycles. The first kappa shape index (κ1) is 32.1. The number of carbonyl (C=O) groups excluding carboxylic acids is 3. The molecule has 0 unspecified atom stereocenters. The SMILES string of the molecule is CC(C)(C)OC(=O)N[C@H]1CCCCCC=C[C@@H]2C[C@@]2(C(=O)O)NC(=O)[C@@H]2C[C@@H](Oc3nc4ncncc4c4ccccc34)CN2C1=O. The van der Waals surface area contributed by atoms with Crippen LogP contribution in [0.1, 0.15) is 65.7 Å². The Morgan fingerprint density at radius 2 is 1.89 bits per heavy atom. The minimum absolute atomic E-state index is 0.0185. The largest absolute Gasteiger partial charge is 0.479 e. The molecule has 1 saturated carbocycles. The summed E-state index contributed by atoms with van der Waals surface area (Å²) in [6.07, 6.45) is 9.25. The predicted octanol–water partition coefficient (Wildman–Crippen LogP) is 3.90. The zero-order valence-corrected chi connectivity index (χ0v) is 26.8. The van der Waals surface area contributed by atoms with Crippen LogP contribution < -0.4 is 15.4 Å². The summed E-state index contributed by atoms with van der Waals surface area (Å²) in [6.45, 7) is 5.23. The van der Waals surface area contributed by atoms with E-state index in [0.717, 1.165) is 35.4 Å². The van der Waals surface area contributed by atoms with Crippen molar-refractivity contribution in [2.75, 3.05) is 6.54 Å². The highest BCUT2D eigenvalue weighted by atomic mass is 16.6. The van der Waals surface area contributed by atoms with Crippen molar-refractivity contribution in [3.8, 4) is 5.88 Å². The standard InChI is InChI=1S/C34H40N6O7/c1-33(2,3)47-32(45)37-25-14-8-6-4-5-7-11-20-16-34(20,31(43)44)39-28(41)26-15-21(18-40(26)30(25)42)46-29-23-13-10-9-12-22(23)24-17-35-19-36-27(24)38-29/h7,9-13,17,19-21,25-26H,4-6,8,14-16,18H2,1-3H3,(H,37,45)(H,39,41)(H,43,44)/t20-,21-,25+,26+,34-/m1/s1. The van der Waals surface area contributed by atoms with Crippen LogP contribution in [0.5, 0.6) is 5.88 Å². The zero-order chi connectivity index (χ0) is 33.3. The van der Waals surface area contributed by atoms with Gasteiger partial charge in [0, 0.05) is 29.3 Å². The average molecular weight is 645 g/mol. The number of benzene rings is 1. The summed E-state index contributed by atoms with van der Waals surface area (Å²) in [5.74, 6) is -2.21. The minimum Gasteiger partial charge on any atom is -0.479 e. The normalized spacial score (nSPS) is 26.8. The van der Waals surface area contributed by atoms with Crippen molar-refractivity contribution in [2.24, 2.45) is 5.92 Å². The fourth-order valence-electron chi connectivity index (χ4n) is 6.51. The van der Waals surface area contributed by atoms with E-state index in [0.29, 0.717) is 24.4 Å². The summed E-state index contributed by atoms with van der Waals surface area (Å²) in [7, 11) is 0. The number of pyridine rings is 1. The second kappa shape index (κ2) is 12.8. The molecule has 2 aromatic heterocycles. The third-order valence-corrected chi connectivity index (χ3v) is 8.94. The number of fused-ring (bicyclic) bond motifs is 5. The maximum atomic E-state index is 14.3. The molecule has 6 rings (SSSR count). The molecule has 1 aromatic carbocycles. The molecule has 47 heavy (non-hydrogen) atoms. The van der Waals surface area contributed by atoms with Crippen molar-refractivity contribution in [1.82, 2.24) is 30.5 Å². The highest BCUT2D eigenvalue weighted by Crippen LogP contribution is 2.45. The van der Waals surface area contributed by atoms with Crippen LogP contribution in [0.4, 0.5) is 4.79 Å². The lowest BCUT2D eigenvalue weighted by molar-refractivity contribution is -0.145. The van der Waals surface area contributed by atoms with Crippen molar-refractivity contribution < 1.29 is 33.8 Å². The summed E-state index contributed by atoms with van der Waals surface area (Å²) in [4.78, 5) is 67.9. The second-order valence-electron chi connectivity index (χ2n) is 13.5. The van der Waals surface area contributed by atoms with E-state index in [-0.39, 0.29) is 25.3 Å². The van der Waals surface area contributed by atoms with Gasteiger partial charge in [-0.2, -0.15) is 4.98 Å². The number of alkyl carbamates (subject to hydrolysis) is 1. The van der Waals surface area contributed by atoms with E-state index < -0.39 is 53.2 Å². The first-order valence-electron chi connectivity index (χ1n) is 16.1. The highest BCUT2D eigenvalue weighted by molar-refractivity contribution is 6.06. The highest BCUT2D eigenvalue weighted by Gasteiger charge is 2.61. The van der Waals surface area contributed by atoms with Crippen LogP contribution in [-0.4, -0.2) is 84.7 Å². The van der Waals surface area contributed by atoms with Gasteiger partial charge < -0.3 is 30.1 Å². The van der Waals surface area contributed by atoms with E-state index in [2.05, 4.69) is 25.6 Å². The predicted molar refractivity (Wildman–Crippen MR) is 171 cm³/mol. The lowest BCUT2D eigenvalue weighted by atomic mass is 10.0. The van der Waals surface area contributed by atoms with Gasteiger partial charge >= 0.3 is 12.1 Å². The number of nitrogens with zero attached hydrogens (tertiary/aromatic N) is 4. The van der Waals surface area contributed by atoms with Gasteiger partial charge in [0.2, 0.25) is 17.7 Å². The number of amides is 3. The van der Waals surface area contributed by atoms with Crippen molar-refractivity contribution in [3.05, 3.63) is 48.9 Å². The molecule has 13 nitrogen and oxygen atoms in total. The molecule has 3 aromatic rings. The molecule has 1 saturated heterocycles. The first-order chi connectivity index (χ1) is 22.4. The maximum Gasteiger partial charge on any atom is 0.408 e. The third-order valence-electron chi connectivity index (χ3n) is 8.94. The molecule has 0 bridgehead atoms. The van der Waals surface area contributed by atoms with E-state index >= 15 is 0 Å². The van der Waals surface area contributed by atoms with Crippen LogP contribution in [0.3, 0.4) is 0 Å². The number of aromatic nitrogens is 3. The summed E-state index contributed by atoms with van der Waals surface area (Å²) in [5, 5.41) is 18.0. The molecule has 2 fully saturated rings. The Kier molecular flexibility index (Phi) is 8.73. The molecule has 3 amide bonds. The van der Waals surface area contributed by atoms with Crippen LogP contribution in [0.15, 0.2) is 48.9 Å². The molecule has 0 radical (unpaired) electrons. The number of carboxylic acids is 1. The van der Waals surface area contributed by atoms with Crippen molar-refractivity contribution in [2.45, 2.75) is 95.0 Å². The van der Waals surface area contributed by atoms with E-state index in [1.54, 1.807) is 27.0 Å². The van der Waals surface area contributed by atoms with E-state index in [4.69, 9.17) is 9.47 Å². The zero-order valence-electron chi connectivity index (χ0n) is 26.8. The van der Waals surface area contributed by atoms with Crippen LogP contribution in [-0.2, 0) is 19.1 Å². The number of carbonyl (C=O) groups is 4. The van der Waals surface area contributed by atoms with Gasteiger partial charge in [0.05, 0.1) is 6.54 Å². The van der Waals surface area contributed by atoms with Gasteiger partial charge in [0.1, 0.15) is 35.7 Å². The summed E-state index contributed by atoms with van der Waals surface area (Å²) >= 11 is 0. The molecule has 1 aliphatic carbocycles. The third kappa shape index (κ3) is 6.84. The number of hydrogen-bond donors (Lipinski definition) is 3. The van der Waals surface area contributed by atoms with Crippen LogP contribution in [0.2, 0.25) is 0 Å². The van der Waals surface area contributed by atoms with E-state index in [1.165, 1.54) is 11.2 Å². The van der Waals surface area contributed by atoms with Crippen LogP contribution in [0, 0.1) is 5.92 Å². The molecule has 3 N–H and O–H groups in total. The molecule has 13 heteroatoms. The van der Waals surface area contributed by atoms with Gasteiger partial charge in [0.15, 0.2) is 5.65 Å². The van der Waals surface area contributed by atoms with Crippen LogP contribution >= 0.6 is 0 Å². The number of rotatable bonds is 4. The lowest BCUT2D eigenvalue weighted by Crippen LogP contribution is -2.56. The number of carboxylic acid groups (broad SMARTS) is 1. The smallest absolute Gasteiger partial charge is 0.408 e. The van der Waals surface area contributed by atoms with Crippen LogP contribution in [0.25, 0.3) is 21.8 Å². The maximum absolute atomic E-state index is 14.3. The Balaban J connectivity index is 1.33. The van der Waals surface area contributed by atoms with Gasteiger partial charge in [0.25, 0.3) is 0 Å². The Morgan fingerprint density at radius 3 is 2.66 bits per heavy atom. The Labute approximate surface area is 272 Å². The lowest BCUT2D eigenvalue weighted by Gasteiger charge is -2.30. The number of allylic oxidation sites excluding steroid dienone is 1. The molecule has 4 heterocycles. The molecule has 5 atom stereocenters. The van der Waals surface area contributed by atoms with Crippen molar-refractivity contribution in [1.29, 1.82) is 0 Å². The van der Waals surface area contributed by atoms with E-state index in [9.17, 15) is 24.3 Å². The van der Waals surface area contributed by atoms with Gasteiger partial charge in [-0.15, -0.1) is 0 Å². The topological polar surface area (TPSA) is 173 Å². The molecule has 248 valence electrons. The first-order valence-corrected chi connectivity index (χ1v) is 16.1. The molecular formula is C34H40N6O7. The van der Waals surface area contributed by atoms with Gasteiger partial charge in [-0.1, -0.05) is 43.2 Å².